The Morgan fingerprint density at radius 2 is 2.21 bits per heavy atom. The lowest BCUT2D eigenvalue weighted by molar-refractivity contribution is -0.398. The number of nitrogens with one attached hydrogen (secondary N) is 1. The Balaban J connectivity index is 2.16. The summed E-state index contributed by atoms with van der Waals surface area (Å²) in [6, 6.07) is 2.23. The summed E-state index contributed by atoms with van der Waals surface area (Å²) < 4.78 is 0. The summed E-state index contributed by atoms with van der Waals surface area (Å²) in [5, 5.41) is 26.0. The molecular formula is C11H9ClN3O4-. The number of hydrazone groups is 1. The van der Waals surface area contributed by atoms with Gasteiger partial charge in [-0.3, -0.25) is 14.9 Å². The van der Waals surface area contributed by atoms with Gasteiger partial charge in [0.2, 0.25) is 5.91 Å². The maximum atomic E-state index is 11.7. The van der Waals surface area contributed by atoms with Crippen molar-refractivity contribution in [3.63, 3.8) is 0 Å². The summed E-state index contributed by atoms with van der Waals surface area (Å²) in [7, 11) is 0. The van der Waals surface area contributed by atoms with E-state index in [1.54, 1.807) is 0 Å². The molecule has 1 fully saturated rings. The molecule has 0 spiro atoms. The van der Waals surface area contributed by atoms with Crippen LogP contribution in [0.3, 0.4) is 0 Å². The summed E-state index contributed by atoms with van der Waals surface area (Å²) in [5.74, 6) is -1.03. The molecule has 2 rings (SSSR count). The number of nitro groups is 1. The highest BCUT2D eigenvalue weighted by Gasteiger charge is 2.29. The lowest BCUT2D eigenvalue weighted by Gasteiger charge is -2.10. The Labute approximate surface area is 113 Å². The normalized spacial score (nSPS) is 14.6. The van der Waals surface area contributed by atoms with Crippen LogP contribution in [0.4, 0.5) is 5.69 Å². The average molecular weight is 283 g/mol. The van der Waals surface area contributed by atoms with Crippen LogP contribution in [0.2, 0.25) is 5.02 Å². The maximum absolute atomic E-state index is 11.7. The van der Waals surface area contributed by atoms with E-state index in [1.165, 1.54) is 6.07 Å². The first-order chi connectivity index (χ1) is 8.99. The number of hydrogen-bond donors (Lipinski definition) is 1. The van der Waals surface area contributed by atoms with Crippen LogP contribution < -0.4 is 10.5 Å². The van der Waals surface area contributed by atoms with Crippen LogP contribution >= 0.6 is 11.6 Å². The van der Waals surface area contributed by atoms with Gasteiger partial charge in [0.1, 0.15) is 0 Å². The van der Waals surface area contributed by atoms with Gasteiger partial charge in [0.15, 0.2) is 0 Å². The van der Waals surface area contributed by atoms with Crippen LogP contribution in [0.5, 0.6) is 5.75 Å². The van der Waals surface area contributed by atoms with Gasteiger partial charge in [-0.15, -0.1) is 0 Å². The lowest BCUT2D eigenvalue weighted by Crippen LogP contribution is -2.19. The molecule has 1 saturated carbocycles. The van der Waals surface area contributed by atoms with Crippen molar-refractivity contribution in [2.75, 3.05) is 0 Å². The molecule has 1 aromatic rings. The summed E-state index contributed by atoms with van der Waals surface area (Å²) in [6.45, 7) is 0. The number of rotatable bonds is 4. The predicted octanol–water partition coefficient (Wildman–Crippen LogP) is 1.18. The van der Waals surface area contributed by atoms with Gasteiger partial charge in [-0.2, -0.15) is 5.10 Å². The first-order valence-electron chi connectivity index (χ1n) is 5.47. The van der Waals surface area contributed by atoms with E-state index >= 15 is 0 Å². The molecule has 7 nitrogen and oxygen atoms in total. The van der Waals surface area contributed by atoms with Crippen molar-refractivity contribution in [3.8, 4) is 5.75 Å². The first-order valence-corrected chi connectivity index (χ1v) is 5.84. The third kappa shape index (κ3) is 3.19. The first kappa shape index (κ1) is 13.3. The second kappa shape index (κ2) is 5.23. The van der Waals surface area contributed by atoms with E-state index in [2.05, 4.69) is 10.5 Å². The second-order valence-electron chi connectivity index (χ2n) is 4.11. The monoisotopic (exact) mass is 282 g/mol. The van der Waals surface area contributed by atoms with E-state index in [1.807, 2.05) is 0 Å². The standard InChI is InChI=1S/C11H10ClN3O4/c12-8-3-7(10(16)9(4-8)15(18)19)5-13-14-11(17)6-1-2-6/h3-6,16H,1-2H2,(H,14,17)/p-1/b13-5-. The van der Waals surface area contributed by atoms with Crippen LogP contribution in [0.25, 0.3) is 0 Å². The quantitative estimate of drug-likeness (QED) is 0.508. The van der Waals surface area contributed by atoms with Crippen molar-refractivity contribution in [2.24, 2.45) is 11.0 Å². The molecule has 1 aromatic carbocycles. The molecule has 0 bridgehead atoms. The molecule has 0 saturated heterocycles. The number of hydrogen-bond acceptors (Lipinski definition) is 5. The van der Waals surface area contributed by atoms with E-state index in [-0.39, 0.29) is 22.4 Å². The van der Waals surface area contributed by atoms with Crippen LogP contribution in [-0.4, -0.2) is 17.0 Å². The third-order valence-electron chi connectivity index (χ3n) is 2.59. The van der Waals surface area contributed by atoms with E-state index in [0.29, 0.717) is 0 Å². The number of benzene rings is 1. The lowest BCUT2D eigenvalue weighted by atomic mass is 10.2. The van der Waals surface area contributed by atoms with Gasteiger partial charge in [-0.1, -0.05) is 11.6 Å². The van der Waals surface area contributed by atoms with Gasteiger partial charge in [0.05, 0.1) is 11.1 Å². The number of carbonyl (C=O) groups excluding carboxylic acids is 1. The van der Waals surface area contributed by atoms with Crippen molar-refractivity contribution < 1.29 is 14.8 Å². The molecule has 0 atom stereocenters. The number of amides is 1. The fourth-order valence-corrected chi connectivity index (χ4v) is 1.65. The summed E-state index contributed by atoms with van der Waals surface area (Å²) in [6.07, 6.45) is 2.72. The van der Waals surface area contributed by atoms with Gasteiger partial charge in [0, 0.05) is 17.0 Å². The van der Waals surface area contributed by atoms with Crippen molar-refractivity contribution >= 4 is 29.4 Å². The molecule has 0 radical (unpaired) electrons. The van der Waals surface area contributed by atoms with Crippen LogP contribution in [0.1, 0.15) is 18.4 Å². The molecule has 0 aromatic heterocycles. The molecule has 0 unspecified atom stereocenters. The predicted molar refractivity (Wildman–Crippen MR) is 66.0 cm³/mol. The van der Waals surface area contributed by atoms with Crippen molar-refractivity contribution in [1.82, 2.24) is 5.43 Å². The average Bonchev–Trinajstić information content (AvgIpc) is 3.16. The Morgan fingerprint density at radius 1 is 1.53 bits per heavy atom. The SMILES string of the molecule is O=C(N/N=C\c1cc(Cl)cc([N+](=O)[O-])c1[O-])C1CC1. The number of nitrogens with zero attached hydrogens (tertiary/aromatic N) is 2. The molecule has 0 aliphatic heterocycles. The summed E-state index contributed by atoms with van der Waals surface area (Å²) in [4.78, 5) is 21.1. The number of carbonyl (C=O) groups is 1. The Morgan fingerprint density at radius 3 is 2.79 bits per heavy atom. The van der Waals surface area contributed by atoms with Crippen LogP contribution in [0, 0.1) is 16.0 Å². The van der Waals surface area contributed by atoms with Crippen molar-refractivity contribution in [1.29, 1.82) is 0 Å². The minimum Gasteiger partial charge on any atom is -0.867 e. The topological polar surface area (TPSA) is 108 Å². The summed E-state index contributed by atoms with van der Waals surface area (Å²) in [5.41, 5.74) is 1.60. The van der Waals surface area contributed by atoms with Crippen molar-refractivity contribution in [3.05, 3.63) is 32.8 Å². The van der Waals surface area contributed by atoms with Gasteiger partial charge < -0.3 is 5.11 Å². The van der Waals surface area contributed by atoms with Gasteiger partial charge in [0.25, 0.3) is 5.69 Å². The molecule has 0 heterocycles. The highest BCUT2D eigenvalue weighted by Crippen LogP contribution is 2.30. The minimum atomic E-state index is -0.811. The van der Waals surface area contributed by atoms with E-state index < -0.39 is 16.4 Å². The van der Waals surface area contributed by atoms with Gasteiger partial charge in [-0.05, 0) is 30.2 Å². The van der Waals surface area contributed by atoms with Crippen LogP contribution in [-0.2, 0) is 4.79 Å². The smallest absolute Gasteiger partial charge is 0.263 e. The van der Waals surface area contributed by atoms with Gasteiger partial charge in [-0.25, -0.2) is 5.43 Å². The van der Waals surface area contributed by atoms with Gasteiger partial charge >= 0.3 is 0 Å². The highest BCUT2D eigenvalue weighted by molar-refractivity contribution is 6.31. The molecule has 8 heteroatoms. The molecular weight excluding hydrogens is 274 g/mol. The molecule has 1 amide bonds. The highest BCUT2D eigenvalue weighted by atomic mass is 35.5. The number of nitro benzene ring substituents is 1. The fraction of sp³-hybridized carbons (Fsp3) is 0.273. The molecule has 19 heavy (non-hydrogen) atoms. The molecule has 1 aliphatic rings. The third-order valence-corrected chi connectivity index (χ3v) is 2.80. The van der Waals surface area contributed by atoms with E-state index in [4.69, 9.17) is 11.6 Å². The molecule has 1 N–H and O–H groups in total. The van der Waals surface area contributed by atoms with E-state index in [9.17, 15) is 20.0 Å². The Kier molecular flexibility index (Phi) is 3.66. The maximum Gasteiger partial charge on any atom is 0.263 e. The zero-order valence-corrected chi connectivity index (χ0v) is 10.4. The second-order valence-corrected chi connectivity index (χ2v) is 4.55. The Bertz CT molecular complexity index is 569. The summed E-state index contributed by atoms with van der Waals surface area (Å²) >= 11 is 5.68. The molecule has 1 aliphatic carbocycles. The van der Waals surface area contributed by atoms with Crippen LogP contribution in [0.15, 0.2) is 17.2 Å². The zero-order valence-electron chi connectivity index (χ0n) is 9.63. The minimum absolute atomic E-state index is 0.0161. The largest absolute Gasteiger partial charge is 0.867 e. The van der Waals surface area contributed by atoms with E-state index in [0.717, 1.165) is 25.1 Å². The zero-order chi connectivity index (χ0) is 14.0. The fourth-order valence-electron chi connectivity index (χ4n) is 1.43. The number of halogens is 1. The van der Waals surface area contributed by atoms with Crippen molar-refractivity contribution in [2.45, 2.75) is 12.8 Å². The Hall–Kier alpha value is -2.15. The molecule has 100 valence electrons.